The molecule has 1 saturated heterocycles. The van der Waals surface area contributed by atoms with Gasteiger partial charge >= 0.3 is 0 Å². The lowest BCUT2D eigenvalue weighted by molar-refractivity contribution is -0.125. The van der Waals surface area contributed by atoms with Crippen LogP contribution in [0.2, 0.25) is 0 Å². The smallest absolute Gasteiger partial charge is 0.257 e. The van der Waals surface area contributed by atoms with Crippen molar-refractivity contribution in [1.82, 2.24) is 19.9 Å². The summed E-state index contributed by atoms with van der Waals surface area (Å²) in [4.78, 5) is 31.2. The summed E-state index contributed by atoms with van der Waals surface area (Å²) >= 11 is 1.59. The Morgan fingerprint density at radius 1 is 1.03 bits per heavy atom. The predicted molar refractivity (Wildman–Crippen MR) is 139 cm³/mol. The zero-order valence-corrected chi connectivity index (χ0v) is 20.8. The molecule has 1 amide bonds. The molecular formula is C26H26N6O3S. The molecule has 5 rings (SSSR count). The summed E-state index contributed by atoms with van der Waals surface area (Å²) in [7, 11) is 1.50. The van der Waals surface area contributed by atoms with E-state index in [-0.39, 0.29) is 17.6 Å². The lowest BCUT2D eigenvalue weighted by Gasteiger charge is -2.36. The number of ether oxygens (including phenoxy) is 2. The van der Waals surface area contributed by atoms with Crippen molar-refractivity contribution in [1.29, 1.82) is 0 Å². The number of anilines is 2. The molecule has 0 radical (unpaired) electrons. The second-order valence-corrected chi connectivity index (χ2v) is 9.62. The highest BCUT2D eigenvalue weighted by Gasteiger charge is 2.42. The van der Waals surface area contributed by atoms with E-state index in [1.165, 1.54) is 7.11 Å². The molecule has 3 N–H and O–H groups in total. The van der Waals surface area contributed by atoms with Gasteiger partial charge in [0.15, 0.2) is 5.82 Å². The number of rotatable bonds is 6. The van der Waals surface area contributed by atoms with Gasteiger partial charge in [-0.15, -0.1) is 11.3 Å². The van der Waals surface area contributed by atoms with Gasteiger partial charge in [0.2, 0.25) is 5.91 Å². The molecule has 0 unspecified atom stereocenters. The van der Waals surface area contributed by atoms with Gasteiger partial charge in [-0.2, -0.15) is 0 Å². The van der Waals surface area contributed by atoms with E-state index < -0.39 is 5.41 Å². The van der Waals surface area contributed by atoms with Crippen molar-refractivity contribution in [3.05, 3.63) is 64.7 Å². The monoisotopic (exact) mass is 502 g/mol. The van der Waals surface area contributed by atoms with Crippen LogP contribution in [0.1, 0.15) is 23.4 Å². The van der Waals surface area contributed by atoms with Crippen LogP contribution in [0.15, 0.2) is 54.2 Å². The standard InChI is InChI=1S/C26H26N6O3S/c1-16-30-21(15-36-16)18-5-8-22(28-13-18)32-25(33)26(9-11-35-12-10-26)19-6-3-17(4-7-19)20-14-29-23(27)24(31-20)34-2/h3-8,13-15H,9-12H2,1-2H3,(H2,27,29)(H,28,32,33). The third-order valence-electron chi connectivity index (χ3n) is 6.39. The molecule has 0 bridgehead atoms. The number of carbonyl (C=O) groups excluding carboxylic acids is 1. The van der Waals surface area contributed by atoms with E-state index >= 15 is 0 Å². The lowest BCUT2D eigenvalue weighted by Crippen LogP contribution is -2.45. The second-order valence-electron chi connectivity index (χ2n) is 8.56. The molecule has 1 aliphatic rings. The van der Waals surface area contributed by atoms with Gasteiger partial charge in [-0.3, -0.25) is 4.79 Å². The number of methoxy groups -OCH3 is 1. The summed E-state index contributed by atoms with van der Waals surface area (Å²) in [5, 5.41) is 6.02. The number of hydrogen-bond donors (Lipinski definition) is 2. The second kappa shape index (κ2) is 10.00. The summed E-state index contributed by atoms with van der Waals surface area (Å²) in [5.74, 6) is 0.916. The minimum absolute atomic E-state index is 0.0998. The highest BCUT2D eigenvalue weighted by Crippen LogP contribution is 2.37. The van der Waals surface area contributed by atoms with Gasteiger partial charge < -0.3 is 20.5 Å². The maximum Gasteiger partial charge on any atom is 0.257 e. The minimum atomic E-state index is -0.729. The fourth-order valence-electron chi connectivity index (χ4n) is 4.35. The van der Waals surface area contributed by atoms with Gasteiger partial charge in [-0.1, -0.05) is 24.3 Å². The first kappa shape index (κ1) is 23.8. The summed E-state index contributed by atoms with van der Waals surface area (Å²) < 4.78 is 10.8. The summed E-state index contributed by atoms with van der Waals surface area (Å²) in [5.41, 5.74) is 9.26. The quantitative estimate of drug-likeness (QED) is 0.401. The Balaban J connectivity index is 1.39. The van der Waals surface area contributed by atoms with Crippen LogP contribution >= 0.6 is 11.3 Å². The molecule has 1 fully saturated rings. The molecule has 0 saturated carbocycles. The third kappa shape index (κ3) is 4.65. The van der Waals surface area contributed by atoms with Gasteiger partial charge in [0.05, 0.1) is 35.1 Å². The molecule has 4 heterocycles. The average Bonchev–Trinajstić information content (AvgIpc) is 3.36. The minimum Gasteiger partial charge on any atom is -0.478 e. The van der Waals surface area contributed by atoms with E-state index in [0.29, 0.717) is 37.6 Å². The summed E-state index contributed by atoms with van der Waals surface area (Å²) in [6.07, 6.45) is 4.48. The third-order valence-corrected chi connectivity index (χ3v) is 7.17. The number of amides is 1. The van der Waals surface area contributed by atoms with Crippen LogP contribution in [0.25, 0.3) is 22.5 Å². The Kier molecular flexibility index (Phi) is 6.62. The number of nitrogen functional groups attached to an aromatic ring is 1. The Labute approximate surface area is 212 Å². The van der Waals surface area contributed by atoms with Crippen molar-refractivity contribution in [2.75, 3.05) is 31.4 Å². The van der Waals surface area contributed by atoms with E-state index in [0.717, 1.165) is 27.4 Å². The Bertz CT molecular complexity index is 1370. The molecule has 10 heteroatoms. The van der Waals surface area contributed by atoms with E-state index in [1.54, 1.807) is 23.7 Å². The molecule has 0 atom stereocenters. The highest BCUT2D eigenvalue weighted by atomic mass is 32.1. The van der Waals surface area contributed by atoms with Crippen molar-refractivity contribution in [2.24, 2.45) is 0 Å². The van der Waals surface area contributed by atoms with Crippen molar-refractivity contribution >= 4 is 28.9 Å². The molecular weight excluding hydrogens is 476 g/mol. The zero-order valence-electron chi connectivity index (χ0n) is 20.0. The lowest BCUT2D eigenvalue weighted by atomic mass is 9.73. The van der Waals surface area contributed by atoms with Crippen LogP contribution < -0.4 is 15.8 Å². The Morgan fingerprint density at radius 2 is 1.78 bits per heavy atom. The zero-order chi connectivity index (χ0) is 25.1. The molecule has 0 spiro atoms. The average molecular weight is 503 g/mol. The van der Waals surface area contributed by atoms with Gasteiger partial charge in [0.1, 0.15) is 5.82 Å². The van der Waals surface area contributed by atoms with Crippen LogP contribution in [0.3, 0.4) is 0 Å². The van der Waals surface area contributed by atoms with E-state index in [4.69, 9.17) is 15.2 Å². The number of aryl methyl sites for hydroxylation is 1. The summed E-state index contributed by atoms with van der Waals surface area (Å²) in [6.45, 7) is 2.98. The molecule has 184 valence electrons. The Morgan fingerprint density at radius 3 is 2.42 bits per heavy atom. The number of thiazole rings is 1. The first-order valence-corrected chi connectivity index (χ1v) is 12.4. The molecule has 36 heavy (non-hydrogen) atoms. The van der Waals surface area contributed by atoms with Crippen LogP contribution in [0.4, 0.5) is 11.6 Å². The highest BCUT2D eigenvalue weighted by molar-refractivity contribution is 7.09. The number of pyridine rings is 1. The van der Waals surface area contributed by atoms with Crippen molar-refractivity contribution in [2.45, 2.75) is 25.2 Å². The Hall–Kier alpha value is -3.89. The summed E-state index contributed by atoms with van der Waals surface area (Å²) in [6, 6.07) is 11.5. The number of nitrogens with zero attached hydrogens (tertiary/aromatic N) is 4. The molecule has 9 nitrogen and oxygen atoms in total. The number of nitrogens with one attached hydrogen (secondary N) is 1. The molecule has 4 aromatic rings. The van der Waals surface area contributed by atoms with Gasteiger partial charge in [0.25, 0.3) is 5.88 Å². The number of benzene rings is 1. The van der Waals surface area contributed by atoms with Crippen LogP contribution in [0, 0.1) is 6.92 Å². The van der Waals surface area contributed by atoms with Gasteiger partial charge in [-0.25, -0.2) is 19.9 Å². The predicted octanol–water partition coefficient (Wildman–Crippen LogP) is 4.25. The molecule has 0 aliphatic carbocycles. The number of hydrogen-bond acceptors (Lipinski definition) is 9. The maximum absolute atomic E-state index is 13.7. The first-order valence-electron chi connectivity index (χ1n) is 11.5. The van der Waals surface area contributed by atoms with Crippen molar-refractivity contribution < 1.29 is 14.3 Å². The van der Waals surface area contributed by atoms with E-state index in [2.05, 4.69) is 25.3 Å². The molecule has 3 aromatic heterocycles. The number of aromatic nitrogens is 4. The topological polar surface area (TPSA) is 125 Å². The van der Waals surface area contributed by atoms with Gasteiger partial charge in [0, 0.05) is 35.9 Å². The fourth-order valence-corrected chi connectivity index (χ4v) is 4.97. The normalized spacial score (nSPS) is 14.8. The maximum atomic E-state index is 13.7. The fraction of sp³-hybridized carbons (Fsp3) is 0.269. The largest absolute Gasteiger partial charge is 0.478 e. The first-order chi connectivity index (χ1) is 17.5. The number of nitrogens with two attached hydrogens (primary N) is 1. The van der Waals surface area contributed by atoms with E-state index in [1.807, 2.05) is 48.7 Å². The van der Waals surface area contributed by atoms with Crippen LogP contribution in [-0.4, -0.2) is 46.2 Å². The van der Waals surface area contributed by atoms with Crippen LogP contribution in [-0.2, 0) is 14.9 Å². The number of carbonyl (C=O) groups is 1. The van der Waals surface area contributed by atoms with Gasteiger partial charge in [-0.05, 0) is 37.5 Å². The van der Waals surface area contributed by atoms with Crippen molar-refractivity contribution in [3.63, 3.8) is 0 Å². The molecule has 1 aromatic carbocycles. The van der Waals surface area contributed by atoms with Crippen molar-refractivity contribution in [3.8, 4) is 28.4 Å². The van der Waals surface area contributed by atoms with E-state index in [9.17, 15) is 4.79 Å². The van der Waals surface area contributed by atoms with Crippen LogP contribution in [0.5, 0.6) is 5.88 Å². The molecule has 1 aliphatic heterocycles. The SMILES string of the molecule is COc1nc(-c2ccc(C3(C(=O)Nc4ccc(-c5csc(C)n5)cn4)CCOCC3)cc2)cnc1N.